The van der Waals surface area contributed by atoms with E-state index in [0.717, 1.165) is 24.8 Å². The number of ether oxygens (including phenoxy) is 1. The maximum absolute atomic E-state index is 10.9. The molecule has 0 amide bonds. The Labute approximate surface area is 97.8 Å². The molecule has 16 heavy (non-hydrogen) atoms. The highest BCUT2D eigenvalue weighted by Gasteiger charge is 2.03. The summed E-state index contributed by atoms with van der Waals surface area (Å²) in [6, 6.07) is 0. The molecule has 3 nitrogen and oxygen atoms in total. The molecule has 92 valence electrons. The molecule has 0 unspecified atom stereocenters. The molecule has 0 fully saturated rings. The summed E-state index contributed by atoms with van der Waals surface area (Å²) in [5.41, 5.74) is 0.780. The fourth-order valence-corrected chi connectivity index (χ4v) is 1.20. The van der Waals surface area contributed by atoms with Crippen molar-refractivity contribution in [2.24, 2.45) is 5.92 Å². The maximum atomic E-state index is 10.9. The number of allylic oxidation sites excluding steroid dienone is 2. The molecule has 0 aromatic rings. The lowest BCUT2D eigenvalue weighted by Gasteiger charge is -2.05. The molecule has 0 bridgehead atoms. The Hall–Kier alpha value is -1.25. The van der Waals surface area contributed by atoms with E-state index in [-0.39, 0.29) is 12.4 Å². The lowest BCUT2D eigenvalue weighted by atomic mass is 10.0. The maximum Gasteiger partial charge on any atom is 0.313 e. The zero-order chi connectivity index (χ0) is 12.6. The molecule has 0 radical (unpaired) electrons. The first-order chi connectivity index (χ1) is 7.45. The Balaban J connectivity index is 3.91. The van der Waals surface area contributed by atoms with E-state index < -0.39 is 5.97 Å². The van der Waals surface area contributed by atoms with Crippen molar-refractivity contribution >= 4 is 5.97 Å². The molecule has 0 rings (SSSR count). The van der Waals surface area contributed by atoms with Crippen molar-refractivity contribution in [3.8, 4) is 0 Å². The van der Waals surface area contributed by atoms with E-state index in [0.29, 0.717) is 5.92 Å². The van der Waals surface area contributed by atoms with E-state index in [1.807, 2.05) is 0 Å². The van der Waals surface area contributed by atoms with Crippen molar-refractivity contribution in [1.29, 1.82) is 0 Å². The molecule has 0 aromatic carbocycles. The fraction of sp³-hybridized carbons (Fsp3) is 0.615. The molecule has 1 N–H and O–H groups in total. The van der Waals surface area contributed by atoms with Crippen LogP contribution in [0.1, 0.15) is 46.5 Å². The number of aliphatic hydroxyl groups excluding tert-OH is 1. The number of hydrogen-bond acceptors (Lipinski definition) is 3. The van der Waals surface area contributed by atoms with Crippen LogP contribution in [0, 0.1) is 5.92 Å². The summed E-state index contributed by atoms with van der Waals surface area (Å²) in [4.78, 5) is 10.9. The minimum Gasteiger partial charge on any atom is -0.481 e. The number of carbonyl (C=O) groups is 1. The Bertz CT molecular complexity index is 264. The van der Waals surface area contributed by atoms with E-state index >= 15 is 0 Å². The van der Waals surface area contributed by atoms with Crippen molar-refractivity contribution in [3.05, 3.63) is 24.2 Å². The first-order valence-corrected chi connectivity index (χ1v) is 5.74. The highest BCUT2D eigenvalue weighted by Crippen LogP contribution is 2.13. The summed E-state index contributed by atoms with van der Waals surface area (Å²) in [5.74, 6) is -0.131. The lowest BCUT2D eigenvalue weighted by Crippen LogP contribution is -2.02. The second kappa shape index (κ2) is 7.97. The van der Waals surface area contributed by atoms with Crippen LogP contribution < -0.4 is 0 Å². The number of carbonyl (C=O) groups excluding carboxylic acids is 1. The standard InChI is InChI=1S/C13H22O3/c1-5-12(14)16-13(15)9-11(4)8-6-7-10(2)3/h9-10,15H,4-8H2,1-3H3/b13-9-. The molecule has 0 aliphatic rings. The Morgan fingerprint density at radius 2 is 2.12 bits per heavy atom. The van der Waals surface area contributed by atoms with E-state index in [1.54, 1.807) is 6.92 Å². The Kier molecular flexibility index (Phi) is 7.34. The van der Waals surface area contributed by atoms with Gasteiger partial charge in [0.1, 0.15) is 0 Å². The third kappa shape index (κ3) is 8.09. The van der Waals surface area contributed by atoms with Gasteiger partial charge in [0.25, 0.3) is 5.95 Å². The highest BCUT2D eigenvalue weighted by atomic mass is 16.6. The van der Waals surface area contributed by atoms with E-state index in [2.05, 4.69) is 25.2 Å². The van der Waals surface area contributed by atoms with Crippen LogP contribution in [0.25, 0.3) is 0 Å². The molecule has 3 heteroatoms. The van der Waals surface area contributed by atoms with Crippen LogP contribution in [-0.4, -0.2) is 11.1 Å². The molecule has 0 aliphatic carbocycles. The van der Waals surface area contributed by atoms with Gasteiger partial charge < -0.3 is 9.84 Å². The summed E-state index contributed by atoms with van der Waals surface area (Å²) < 4.78 is 4.61. The average Bonchev–Trinajstić information content (AvgIpc) is 2.16. The van der Waals surface area contributed by atoms with Gasteiger partial charge in [0, 0.05) is 12.5 Å². The summed E-state index contributed by atoms with van der Waals surface area (Å²) in [6.07, 6.45) is 4.63. The van der Waals surface area contributed by atoms with Gasteiger partial charge in [0.2, 0.25) is 0 Å². The van der Waals surface area contributed by atoms with Gasteiger partial charge in [0.05, 0.1) is 0 Å². The first kappa shape index (κ1) is 14.8. The zero-order valence-electron chi connectivity index (χ0n) is 10.5. The van der Waals surface area contributed by atoms with E-state index in [9.17, 15) is 9.90 Å². The van der Waals surface area contributed by atoms with E-state index in [1.165, 1.54) is 6.08 Å². The molecule has 0 atom stereocenters. The number of rotatable bonds is 7. The van der Waals surface area contributed by atoms with E-state index in [4.69, 9.17) is 0 Å². The van der Waals surface area contributed by atoms with Crippen LogP contribution in [-0.2, 0) is 9.53 Å². The SMILES string of the molecule is C=C(/C=C(/O)OC(=O)CC)CCCC(C)C. The zero-order valence-corrected chi connectivity index (χ0v) is 10.5. The van der Waals surface area contributed by atoms with Crippen molar-refractivity contribution in [3.63, 3.8) is 0 Å². The minimum absolute atomic E-state index is 0.248. The van der Waals surface area contributed by atoms with Crippen molar-refractivity contribution in [2.45, 2.75) is 46.5 Å². The molecular formula is C13H22O3. The molecule has 0 spiro atoms. The third-order valence-electron chi connectivity index (χ3n) is 2.11. The molecular weight excluding hydrogens is 204 g/mol. The lowest BCUT2D eigenvalue weighted by molar-refractivity contribution is -0.142. The van der Waals surface area contributed by atoms with Crippen LogP contribution in [0.5, 0.6) is 0 Å². The van der Waals surface area contributed by atoms with Gasteiger partial charge in [-0.2, -0.15) is 0 Å². The Morgan fingerprint density at radius 1 is 1.50 bits per heavy atom. The number of hydrogen-bond donors (Lipinski definition) is 1. The van der Waals surface area contributed by atoms with Gasteiger partial charge in [-0.3, -0.25) is 4.79 Å². The molecule has 0 saturated heterocycles. The molecule has 0 saturated carbocycles. The minimum atomic E-state index is -0.441. The van der Waals surface area contributed by atoms with Crippen LogP contribution in [0.15, 0.2) is 24.2 Å². The summed E-state index contributed by atoms with van der Waals surface area (Å²) >= 11 is 0. The van der Waals surface area contributed by atoms with Crippen molar-refractivity contribution in [2.75, 3.05) is 0 Å². The molecule has 0 aliphatic heterocycles. The van der Waals surface area contributed by atoms with Crippen LogP contribution in [0.2, 0.25) is 0 Å². The smallest absolute Gasteiger partial charge is 0.313 e. The van der Waals surface area contributed by atoms with Crippen molar-refractivity contribution in [1.82, 2.24) is 0 Å². The third-order valence-corrected chi connectivity index (χ3v) is 2.11. The van der Waals surface area contributed by atoms with Crippen LogP contribution in [0.3, 0.4) is 0 Å². The topological polar surface area (TPSA) is 46.5 Å². The predicted octanol–water partition coefficient (Wildman–Crippen LogP) is 3.72. The normalized spacial score (nSPS) is 11.6. The second-order valence-corrected chi connectivity index (χ2v) is 4.25. The van der Waals surface area contributed by atoms with Gasteiger partial charge in [-0.15, -0.1) is 0 Å². The van der Waals surface area contributed by atoms with Crippen LogP contribution >= 0.6 is 0 Å². The number of aliphatic hydroxyl groups is 1. The summed E-state index contributed by atoms with van der Waals surface area (Å²) in [7, 11) is 0. The second-order valence-electron chi connectivity index (χ2n) is 4.25. The molecule has 0 heterocycles. The summed E-state index contributed by atoms with van der Waals surface area (Å²) in [5, 5.41) is 9.29. The van der Waals surface area contributed by atoms with Gasteiger partial charge >= 0.3 is 5.97 Å². The average molecular weight is 226 g/mol. The summed E-state index contributed by atoms with van der Waals surface area (Å²) in [6.45, 7) is 9.80. The van der Waals surface area contributed by atoms with Crippen LogP contribution in [0.4, 0.5) is 0 Å². The highest BCUT2D eigenvalue weighted by molar-refractivity contribution is 5.69. The van der Waals surface area contributed by atoms with Gasteiger partial charge in [0.15, 0.2) is 0 Å². The molecule has 0 aromatic heterocycles. The predicted molar refractivity (Wildman–Crippen MR) is 64.9 cm³/mol. The van der Waals surface area contributed by atoms with Gasteiger partial charge in [-0.05, 0) is 24.3 Å². The number of esters is 1. The fourth-order valence-electron chi connectivity index (χ4n) is 1.20. The monoisotopic (exact) mass is 226 g/mol. The quantitative estimate of drug-likeness (QED) is 0.409. The first-order valence-electron chi connectivity index (χ1n) is 5.74. The van der Waals surface area contributed by atoms with Gasteiger partial charge in [-0.25, -0.2) is 0 Å². The Morgan fingerprint density at radius 3 is 2.62 bits per heavy atom. The largest absolute Gasteiger partial charge is 0.481 e. The van der Waals surface area contributed by atoms with Crippen molar-refractivity contribution < 1.29 is 14.6 Å². The van der Waals surface area contributed by atoms with Gasteiger partial charge in [-0.1, -0.05) is 33.8 Å².